The molecular weight excluding hydrogens is 501 g/mol. The van der Waals surface area contributed by atoms with Crippen LogP contribution in [-0.4, -0.2) is 24.3 Å². The topological polar surface area (TPSA) is 101 Å². The summed E-state index contributed by atoms with van der Waals surface area (Å²) in [6.07, 6.45) is 0.0303. The molecule has 5 rings (SSSR count). The van der Waals surface area contributed by atoms with Gasteiger partial charge in [0.15, 0.2) is 5.13 Å². The van der Waals surface area contributed by atoms with Crippen LogP contribution in [0.1, 0.15) is 11.3 Å². The molecule has 0 atom stereocenters. The molecule has 2 heterocycles. The van der Waals surface area contributed by atoms with Gasteiger partial charge in [0.1, 0.15) is 5.01 Å². The fourth-order valence-corrected chi connectivity index (χ4v) is 6.48. The highest BCUT2D eigenvalue weighted by Crippen LogP contribution is 2.31. The average molecular weight is 521 g/mol. The van der Waals surface area contributed by atoms with E-state index in [0.29, 0.717) is 11.4 Å². The third kappa shape index (κ3) is 5.40. The van der Waals surface area contributed by atoms with Crippen molar-refractivity contribution in [2.24, 2.45) is 0 Å². The van der Waals surface area contributed by atoms with Crippen molar-refractivity contribution in [2.45, 2.75) is 18.2 Å². The molecule has 0 radical (unpaired) electrons. The van der Waals surface area contributed by atoms with Crippen LogP contribution < -0.4 is 10.0 Å². The van der Waals surface area contributed by atoms with Gasteiger partial charge in [-0.05, 0) is 61.0 Å². The molecule has 0 aliphatic rings. The zero-order valence-electron chi connectivity index (χ0n) is 18.6. The Kier molecular flexibility index (Phi) is 6.33. The Bertz CT molecular complexity index is 1610. The molecule has 1 amide bonds. The highest BCUT2D eigenvalue weighted by Gasteiger charge is 2.16. The predicted octanol–water partition coefficient (Wildman–Crippen LogP) is 5.71. The summed E-state index contributed by atoms with van der Waals surface area (Å²) in [6, 6.07) is 21.8. The van der Waals surface area contributed by atoms with Gasteiger partial charge in [0, 0.05) is 16.6 Å². The third-order valence-corrected chi connectivity index (χ3v) is 8.49. The first-order chi connectivity index (χ1) is 16.9. The summed E-state index contributed by atoms with van der Waals surface area (Å²) in [7, 11) is -3.72. The molecular formula is C25H20N4O3S3. The van der Waals surface area contributed by atoms with Gasteiger partial charge in [-0.3, -0.25) is 9.52 Å². The molecule has 5 aromatic rings. The van der Waals surface area contributed by atoms with Crippen molar-refractivity contribution in [1.29, 1.82) is 0 Å². The largest absolute Gasteiger partial charge is 0.326 e. The van der Waals surface area contributed by atoms with E-state index in [1.54, 1.807) is 34.9 Å². The van der Waals surface area contributed by atoms with Crippen LogP contribution in [0.4, 0.5) is 10.8 Å². The Balaban J connectivity index is 1.21. The molecule has 7 nitrogen and oxygen atoms in total. The van der Waals surface area contributed by atoms with E-state index >= 15 is 0 Å². The minimum atomic E-state index is -3.72. The molecule has 35 heavy (non-hydrogen) atoms. The van der Waals surface area contributed by atoms with E-state index < -0.39 is 10.0 Å². The number of nitrogens with one attached hydrogen (secondary N) is 2. The van der Waals surface area contributed by atoms with Gasteiger partial charge in [0.25, 0.3) is 10.0 Å². The number of carbonyl (C=O) groups is 1. The molecule has 0 spiro atoms. The molecule has 0 saturated heterocycles. The summed E-state index contributed by atoms with van der Waals surface area (Å²) >= 11 is 2.77. The van der Waals surface area contributed by atoms with E-state index in [1.807, 2.05) is 36.4 Å². The Labute approximate surface area is 210 Å². The van der Waals surface area contributed by atoms with Crippen LogP contribution >= 0.6 is 22.7 Å². The number of rotatable bonds is 7. The molecule has 2 aromatic heterocycles. The highest BCUT2D eigenvalue weighted by atomic mass is 32.2. The Morgan fingerprint density at radius 3 is 2.51 bits per heavy atom. The molecule has 0 unspecified atom stereocenters. The number of aromatic nitrogens is 2. The van der Waals surface area contributed by atoms with Crippen molar-refractivity contribution >= 4 is 59.6 Å². The lowest BCUT2D eigenvalue weighted by Crippen LogP contribution is -2.15. The molecule has 2 N–H and O–H groups in total. The maximum absolute atomic E-state index is 12.5. The number of hydrogen-bond donors (Lipinski definition) is 2. The van der Waals surface area contributed by atoms with Gasteiger partial charge in [0.2, 0.25) is 5.91 Å². The van der Waals surface area contributed by atoms with Crippen LogP contribution in [0.2, 0.25) is 0 Å². The van der Waals surface area contributed by atoms with Crippen molar-refractivity contribution in [2.75, 3.05) is 10.0 Å². The molecule has 0 saturated carbocycles. The molecule has 0 fully saturated rings. The lowest BCUT2D eigenvalue weighted by molar-refractivity contribution is -0.115. The van der Waals surface area contributed by atoms with E-state index in [1.165, 1.54) is 17.7 Å². The zero-order chi connectivity index (χ0) is 24.4. The minimum Gasteiger partial charge on any atom is -0.326 e. The standard InChI is InChI=1S/C25H20N4O3S3/c1-16-7-12-21-22(13-16)34-24(28-21)17-8-10-18(11-9-17)26-23(30)14-19-15-33-25(27-19)29-35(31,32)20-5-3-2-4-6-20/h2-13,15H,14H2,1H3,(H,26,30)(H,27,29). The van der Waals surface area contributed by atoms with Crippen LogP contribution in [-0.2, 0) is 21.2 Å². The van der Waals surface area contributed by atoms with Crippen molar-refractivity contribution in [3.8, 4) is 10.6 Å². The second-order valence-electron chi connectivity index (χ2n) is 7.86. The van der Waals surface area contributed by atoms with Gasteiger partial charge in [-0.2, -0.15) is 0 Å². The van der Waals surface area contributed by atoms with Crippen molar-refractivity contribution in [3.63, 3.8) is 0 Å². The van der Waals surface area contributed by atoms with Crippen molar-refractivity contribution < 1.29 is 13.2 Å². The first-order valence-corrected chi connectivity index (χ1v) is 13.8. The molecule has 3 aromatic carbocycles. The summed E-state index contributed by atoms with van der Waals surface area (Å²) in [5.74, 6) is -0.240. The lowest BCUT2D eigenvalue weighted by atomic mass is 10.2. The van der Waals surface area contributed by atoms with Crippen LogP contribution in [0.5, 0.6) is 0 Å². The van der Waals surface area contributed by atoms with Gasteiger partial charge >= 0.3 is 0 Å². The first kappa shape index (κ1) is 23.2. The number of sulfonamides is 1. The molecule has 0 aliphatic heterocycles. The summed E-state index contributed by atoms with van der Waals surface area (Å²) < 4.78 is 28.5. The first-order valence-electron chi connectivity index (χ1n) is 10.7. The SMILES string of the molecule is Cc1ccc2nc(-c3ccc(NC(=O)Cc4csc(NS(=O)(=O)c5ccccc5)n4)cc3)sc2c1. The number of aryl methyl sites for hydroxylation is 1. The van der Waals surface area contributed by atoms with Crippen LogP contribution in [0.3, 0.4) is 0 Å². The monoisotopic (exact) mass is 520 g/mol. The average Bonchev–Trinajstić information content (AvgIpc) is 3.46. The number of fused-ring (bicyclic) bond motifs is 1. The van der Waals surface area contributed by atoms with Crippen LogP contribution in [0, 0.1) is 6.92 Å². The lowest BCUT2D eigenvalue weighted by Gasteiger charge is -2.05. The second-order valence-corrected chi connectivity index (χ2v) is 11.4. The van der Waals surface area contributed by atoms with Gasteiger partial charge in [-0.1, -0.05) is 24.3 Å². The van der Waals surface area contributed by atoms with Crippen LogP contribution in [0.25, 0.3) is 20.8 Å². The van der Waals surface area contributed by atoms with Crippen LogP contribution in [0.15, 0.2) is 83.1 Å². The molecule has 0 bridgehead atoms. The summed E-state index contributed by atoms with van der Waals surface area (Å²) in [5.41, 5.74) is 4.31. The Morgan fingerprint density at radius 2 is 1.74 bits per heavy atom. The maximum Gasteiger partial charge on any atom is 0.263 e. The predicted molar refractivity (Wildman–Crippen MR) is 141 cm³/mol. The van der Waals surface area contributed by atoms with E-state index in [2.05, 4.69) is 28.0 Å². The normalized spacial score (nSPS) is 11.5. The number of nitrogens with zero attached hydrogens (tertiary/aromatic N) is 2. The zero-order valence-corrected chi connectivity index (χ0v) is 21.0. The fraction of sp³-hybridized carbons (Fsp3) is 0.0800. The molecule has 176 valence electrons. The Morgan fingerprint density at radius 1 is 0.971 bits per heavy atom. The number of benzene rings is 3. The van der Waals surface area contributed by atoms with E-state index in [9.17, 15) is 13.2 Å². The van der Waals surface area contributed by atoms with E-state index in [-0.39, 0.29) is 22.4 Å². The second kappa shape index (κ2) is 9.57. The molecule has 10 heteroatoms. The van der Waals surface area contributed by atoms with E-state index in [4.69, 9.17) is 4.98 Å². The number of hydrogen-bond acceptors (Lipinski definition) is 7. The minimum absolute atomic E-state index is 0.0303. The summed E-state index contributed by atoms with van der Waals surface area (Å²) in [6.45, 7) is 2.06. The maximum atomic E-state index is 12.5. The number of amides is 1. The van der Waals surface area contributed by atoms with Crippen molar-refractivity contribution in [3.05, 3.63) is 89.4 Å². The van der Waals surface area contributed by atoms with E-state index in [0.717, 1.165) is 32.1 Å². The number of anilines is 2. The van der Waals surface area contributed by atoms with Crippen molar-refractivity contribution in [1.82, 2.24) is 9.97 Å². The quantitative estimate of drug-likeness (QED) is 0.286. The van der Waals surface area contributed by atoms with Gasteiger partial charge in [-0.15, -0.1) is 22.7 Å². The molecule has 0 aliphatic carbocycles. The Hall–Kier alpha value is -3.60. The highest BCUT2D eigenvalue weighted by molar-refractivity contribution is 7.93. The van der Waals surface area contributed by atoms with Gasteiger partial charge in [0.05, 0.1) is 27.2 Å². The van der Waals surface area contributed by atoms with Gasteiger partial charge in [-0.25, -0.2) is 18.4 Å². The summed E-state index contributed by atoms with van der Waals surface area (Å²) in [4.78, 5) is 21.6. The summed E-state index contributed by atoms with van der Waals surface area (Å²) in [5, 5.41) is 5.67. The smallest absolute Gasteiger partial charge is 0.263 e. The fourth-order valence-electron chi connectivity index (χ4n) is 3.43. The number of thiazole rings is 2. The van der Waals surface area contributed by atoms with Gasteiger partial charge < -0.3 is 5.32 Å². The third-order valence-electron chi connectivity index (χ3n) is 5.13. The number of carbonyl (C=O) groups excluding carboxylic acids is 1.